The molecule has 6 heteroatoms. The van der Waals surface area contributed by atoms with E-state index >= 15 is 0 Å². The average Bonchev–Trinajstić information content (AvgIpc) is 2.85. The van der Waals surface area contributed by atoms with Crippen LogP contribution in [0.1, 0.15) is 32.1 Å². The molecular weight excluding hydrogens is 302 g/mol. The van der Waals surface area contributed by atoms with E-state index in [0.717, 1.165) is 5.56 Å². The van der Waals surface area contributed by atoms with Gasteiger partial charge in [-0.2, -0.15) is 4.98 Å². The zero-order valence-electron chi connectivity index (χ0n) is 12.6. The number of amides is 1. The molecule has 0 unspecified atom stereocenters. The van der Waals surface area contributed by atoms with Crippen molar-refractivity contribution in [2.24, 2.45) is 5.92 Å². The molecule has 1 aromatic carbocycles. The van der Waals surface area contributed by atoms with Crippen LogP contribution in [0.3, 0.4) is 0 Å². The van der Waals surface area contributed by atoms with Crippen LogP contribution in [-0.4, -0.2) is 34.0 Å². The van der Waals surface area contributed by atoms with Crippen LogP contribution in [0.2, 0.25) is 5.02 Å². The monoisotopic (exact) mass is 319 g/mol. The molecule has 1 aliphatic heterocycles. The number of nitrogens with zero attached hydrogens (tertiary/aromatic N) is 3. The number of halogens is 1. The first-order chi connectivity index (χ1) is 10.5. The Balaban J connectivity index is 1.63. The van der Waals surface area contributed by atoms with Gasteiger partial charge in [0.25, 0.3) is 0 Å². The summed E-state index contributed by atoms with van der Waals surface area (Å²) in [6.07, 6.45) is 0.588. The second kappa shape index (κ2) is 6.08. The van der Waals surface area contributed by atoms with Crippen LogP contribution in [0, 0.1) is 5.92 Å². The maximum absolute atomic E-state index is 11.9. The molecule has 5 nitrogen and oxygen atoms in total. The number of likely N-dealkylation sites (tertiary alicyclic amines) is 1. The highest BCUT2D eigenvalue weighted by atomic mass is 35.5. The Labute approximate surface area is 134 Å². The molecule has 116 valence electrons. The fourth-order valence-corrected chi connectivity index (χ4v) is 2.65. The quantitative estimate of drug-likeness (QED) is 0.867. The predicted molar refractivity (Wildman–Crippen MR) is 83.5 cm³/mol. The van der Waals surface area contributed by atoms with E-state index < -0.39 is 0 Å². The normalized spacial score (nSPS) is 15.2. The van der Waals surface area contributed by atoms with E-state index in [1.807, 2.05) is 30.9 Å². The number of rotatable bonds is 4. The van der Waals surface area contributed by atoms with Crippen molar-refractivity contribution >= 4 is 17.5 Å². The van der Waals surface area contributed by atoms with Crippen LogP contribution >= 0.6 is 11.6 Å². The third kappa shape index (κ3) is 3.14. The van der Waals surface area contributed by atoms with Crippen molar-refractivity contribution in [2.75, 3.05) is 13.1 Å². The summed E-state index contributed by atoms with van der Waals surface area (Å²) < 4.78 is 5.33. The third-order valence-corrected chi connectivity index (χ3v) is 3.93. The molecular formula is C16H18ClN3O2. The number of benzene rings is 1. The highest BCUT2D eigenvalue weighted by molar-refractivity contribution is 6.30. The molecule has 0 saturated carbocycles. The number of hydrogen-bond acceptors (Lipinski definition) is 4. The Morgan fingerprint density at radius 3 is 2.91 bits per heavy atom. The maximum Gasteiger partial charge on any atom is 0.233 e. The molecule has 0 spiro atoms. The van der Waals surface area contributed by atoms with Crippen LogP contribution in [0.15, 0.2) is 28.8 Å². The van der Waals surface area contributed by atoms with Crippen LogP contribution < -0.4 is 0 Å². The topological polar surface area (TPSA) is 59.2 Å². The lowest BCUT2D eigenvalue weighted by Crippen LogP contribution is -2.48. The molecule has 0 aliphatic carbocycles. The molecule has 1 aromatic heterocycles. The Bertz CT molecular complexity index is 678. The summed E-state index contributed by atoms with van der Waals surface area (Å²) in [5.41, 5.74) is 0.828. The van der Waals surface area contributed by atoms with Gasteiger partial charge in [-0.1, -0.05) is 42.7 Å². The molecule has 22 heavy (non-hydrogen) atoms. The van der Waals surface area contributed by atoms with E-state index in [2.05, 4.69) is 10.1 Å². The van der Waals surface area contributed by atoms with Gasteiger partial charge in [-0.05, 0) is 18.1 Å². The van der Waals surface area contributed by atoms with Crippen molar-refractivity contribution < 1.29 is 9.32 Å². The van der Waals surface area contributed by atoms with Gasteiger partial charge >= 0.3 is 0 Å². The third-order valence-electron chi connectivity index (χ3n) is 3.69. The van der Waals surface area contributed by atoms with E-state index in [1.165, 1.54) is 0 Å². The highest BCUT2D eigenvalue weighted by Crippen LogP contribution is 2.29. The van der Waals surface area contributed by atoms with Crippen LogP contribution in [0.4, 0.5) is 0 Å². The van der Waals surface area contributed by atoms with Gasteiger partial charge in [0.1, 0.15) is 0 Å². The average molecular weight is 320 g/mol. The summed E-state index contributed by atoms with van der Waals surface area (Å²) in [5, 5.41) is 4.64. The van der Waals surface area contributed by atoms with Crippen molar-refractivity contribution in [2.45, 2.75) is 26.2 Å². The van der Waals surface area contributed by atoms with Crippen molar-refractivity contribution in [3.63, 3.8) is 0 Å². The molecule has 1 amide bonds. The summed E-state index contributed by atoms with van der Waals surface area (Å²) in [4.78, 5) is 18.2. The van der Waals surface area contributed by atoms with E-state index in [-0.39, 0.29) is 11.8 Å². The van der Waals surface area contributed by atoms with Gasteiger partial charge in [0.2, 0.25) is 17.6 Å². The highest BCUT2D eigenvalue weighted by Gasteiger charge is 2.35. The zero-order chi connectivity index (χ0) is 15.7. The minimum Gasteiger partial charge on any atom is -0.341 e. The Morgan fingerprint density at radius 1 is 1.45 bits per heavy atom. The Morgan fingerprint density at radius 2 is 2.23 bits per heavy atom. The Kier molecular flexibility index (Phi) is 4.16. The van der Waals surface area contributed by atoms with E-state index in [0.29, 0.717) is 42.2 Å². The van der Waals surface area contributed by atoms with Crippen molar-refractivity contribution in [3.05, 3.63) is 35.2 Å². The molecule has 2 aromatic rings. The zero-order valence-corrected chi connectivity index (χ0v) is 13.4. The van der Waals surface area contributed by atoms with Gasteiger partial charge in [-0.15, -0.1) is 0 Å². The largest absolute Gasteiger partial charge is 0.341 e. The van der Waals surface area contributed by atoms with E-state index in [4.69, 9.17) is 16.1 Å². The lowest BCUT2D eigenvalue weighted by Gasteiger charge is -2.37. The minimum absolute atomic E-state index is 0.136. The molecule has 1 saturated heterocycles. The van der Waals surface area contributed by atoms with Crippen LogP contribution in [-0.2, 0) is 4.79 Å². The number of hydrogen-bond donors (Lipinski definition) is 0. The van der Waals surface area contributed by atoms with Crippen molar-refractivity contribution in [1.29, 1.82) is 0 Å². The SMILES string of the molecule is CC(C)CC(=O)N1CC(c2nc(-c3cccc(Cl)c3)no2)C1. The lowest BCUT2D eigenvalue weighted by molar-refractivity contribution is -0.136. The molecule has 1 aliphatic rings. The molecule has 3 rings (SSSR count). The number of carbonyl (C=O) groups is 1. The summed E-state index contributed by atoms with van der Waals surface area (Å²) >= 11 is 5.97. The summed E-state index contributed by atoms with van der Waals surface area (Å²) in [5.74, 6) is 1.83. The molecule has 0 N–H and O–H groups in total. The van der Waals surface area contributed by atoms with Crippen molar-refractivity contribution in [1.82, 2.24) is 15.0 Å². The van der Waals surface area contributed by atoms with Gasteiger partial charge in [0, 0.05) is 30.1 Å². The molecule has 1 fully saturated rings. The maximum atomic E-state index is 11.9. The summed E-state index contributed by atoms with van der Waals surface area (Å²) in [6, 6.07) is 7.34. The summed E-state index contributed by atoms with van der Waals surface area (Å²) in [7, 11) is 0. The summed E-state index contributed by atoms with van der Waals surface area (Å²) in [6.45, 7) is 5.40. The van der Waals surface area contributed by atoms with Crippen molar-refractivity contribution in [3.8, 4) is 11.4 Å². The second-order valence-corrected chi connectivity index (χ2v) is 6.50. The van der Waals surface area contributed by atoms with Crippen LogP contribution in [0.25, 0.3) is 11.4 Å². The lowest BCUT2D eigenvalue weighted by atomic mass is 9.98. The first-order valence-electron chi connectivity index (χ1n) is 7.40. The van der Waals surface area contributed by atoms with Gasteiger partial charge < -0.3 is 9.42 Å². The van der Waals surface area contributed by atoms with Crippen LogP contribution in [0.5, 0.6) is 0 Å². The van der Waals surface area contributed by atoms with Gasteiger partial charge in [-0.25, -0.2) is 0 Å². The van der Waals surface area contributed by atoms with Gasteiger partial charge in [0.05, 0.1) is 5.92 Å². The first kappa shape index (κ1) is 15.0. The van der Waals surface area contributed by atoms with E-state index in [9.17, 15) is 4.79 Å². The van der Waals surface area contributed by atoms with E-state index in [1.54, 1.807) is 12.1 Å². The standard InChI is InChI=1S/C16H18ClN3O2/c1-10(2)6-14(21)20-8-12(9-20)16-18-15(19-22-16)11-4-3-5-13(17)7-11/h3-5,7,10,12H,6,8-9H2,1-2H3. The Hall–Kier alpha value is -1.88. The number of carbonyl (C=O) groups excluding carboxylic acids is 1. The van der Waals surface area contributed by atoms with Gasteiger partial charge in [-0.3, -0.25) is 4.79 Å². The fraction of sp³-hybridized carbons (Fsp3) is 0.438. The minimum atomic E-state index is 0.136. The smallest absolute Gasteiger partial charge is 0.233 e. The molecule has 0 atom stereocenters. The second-order valence-electron chi connectivity index (χ2n) is 6.06. The van der Waals surface area contributed by atoms with Gasteiger partial charge in [0.15, 0.2) is 0 Å². The first-order valence-corrected chi connectivity index (χ1v) is 7.78. The molecule has 0 bridgehead atoms. The fourth-order valence-electron chi connectivity index (χ4n) is 2.46. The molecule has 0 radical (unpaired) electrons. The predicted octanol–water partition coefficient (Wildman–Crippen LogP) is 3.36. The number of aromatic nitrogens is 2. The molecule has 2 heterocycles.